The third-order valence-electron chi connectivity index (χ3n) is 1.60. The minimum absolute atomic E-state index is 1.08. The molecular weight excluding hydrogens is 158 g/mol. The minimum Gasteiger partial charge on any atom is -0.362 e. The van der Waals surface area contributed by atoms with Crippen molar-refractivity contribution in [2.75, 3.05) is 5.32 Å². The lowest BCUT2D eigenvalue weighted by atomic mass is 10.3. The normalized spacial score (nSPS) is 11.2. The van der Waals surface area contributed by atoms with E-state index in [9.17, 15) is 0 Å². The van der Waals surface area contributed by atoms with E-state index in [1.165, 1.54) is 0 Å². The standard InChI is InChI=1S/C12H15N/c1-2-3-4-8-11-13-12-9-6-5-7-10-12/h3-11,13H,2H2,1H3/b4-3-,11-8+. The van der Waals surface area contributed by atoms with E-state index in [0.717, 1.165) is 12.1 Å². The molecule has 1 aromatic carbocycles. The van der Waals surface area contributed by atoms with Crippen LogP contribution in [0.1, 0.15) is 13.3 Å². The molecule has 0 aliphatic heterocycles. The van der Waals surface area contributed by atoms with Crippen LogP contribution in [0.5, 0.6) is 0 Å². The average molecular weight is 173 g/mol. The molecule has 0 unspecified atom stereocenters. The number of anilines is 1. The van der Waals surface area contributed by atoms with E-state index < -0.39 is 0 Å². The second-order valence-electron chi connectivity index (χ2n) is 2.71. The lowest BCUT2D eigenvalue weighted by Crippen LogP contribution is -1.84. The third-order valence-corrected chi connectivity index (χ3v) is 1.60. The van der Waals surface area contributed by atoms with E-state index >= 15 is 0 Å². The smallest absolute Gasteiger partial charge is 0.0379 e. The van der Waals surface area contributed by atoms with Crippen LogP contribution in [0.2, 0.25) is 0 Å². The Morgan fingerprint density at radius 1 is 1.15 bits per heavy atom. The van der Waals surface area contributed by atoms with Gasteiger partial charge in [-0.05, 0) is 24.6 Å². The molecule has 0 heterocycles. The van der Waals surface area contributed by atoms with Gasteiger partial charge in [0, 0.05) is 11.9 Å². The van der Waals surface area contributed by atoms with Gasteiger partial charge in [0.1, 0.15) is 0 Å². The summed E-state index contributed by atoms with van der Waals surface area (Å²) in [6.45, 7) is 2.12. The molecule has 0 aliphatic carbocycles. The summed E-state index contributed by atoms with van der Waals surface area (Å²) >= 11 is 0. The third kappa shape index (κ3) is 4.16. The maximum Gasteiger partial charge on any atom is 0.0379 e. The van der Waals surface area contributed by atoms with Crippen molar-refractivity contribution in [2.24, 2.45) is 0 Å². The van der Waals surface area contributed by atoms with Crippen LogP contribution in [0.25, 0.3) is 0 Å². The zero-order chi connectivity index (χ0) is 9.36. The van der Waals surface area contributed by atoms with E-state index in [2.05, 4.69) is 18.3 Å². The van der Waals surface area contributed by atoms with Gasteiger partial charge in [0.2, 0.25) is 0 Å². The first-order valence-electron chi connectivity index (χ1n) is 4.56. The van der Waals surface area contributed by atoms with Crippen molar-refractivity contribution in [1.29, 1.82) is 0 Å². The fourth-order valence-electron chi connectivity index (χ4n) is 0.949. The lowest BCUT2D eigenvalue weighted by molar-refractivity contribution is 1.22. The van der Waals surface area contributed by atoms with Crippen LogP contribution < -0.4 is 5.32 Å². The highest BCUT2D eigenvalue weighted by Gasteiger charge is 1.81. The highest BCUT2D eigenvalue weighted by molar-refractivity contribution is 5.45. The summed E-state index contributed by atoms with van der Waals surface area (Å²) in [7, 11) is 0. The molecule has 0 aliphatic rings. The van der Waals surface area contributed by atoms with Crippen LogP contribution in [0.15, 0.2) is 54.8 Å². The summed E-state index contributed by atoms with van der Waals surface area (Å²) in [5.74, 6) is 0. The Morgan fingerprint density at radius 3 is 2.62 bits per heavy atom. The molecule has 13 heavy (non-hydrogen) atoms. The molecule has 0 spiro atoms. The first kappa shape index (κ1) is 9.59. The van der Waals surface area contributed by atoms with Crippen molar-refractivity contribution in [3.63, 3.8) is 0 Å². The molecule has 1 rings (SSSR count). The van der Waals surface area contributed by atoms with Crippen LogP contribution in [-0.4, -0.2) is 0 Å². The first-order valence-corrected chi connectivity index (χ1v) is 4.56. The van der Waals surface area contributed by atoms with Crippen molar-refractivity contribution in [3.8, 4) is 0 Å². The fraction of sp³-hybridized carbons (Fsp3) is 0.167. The molecular formula is C12H15N. The van der Waals surface area contributed by atoms with Crippen LogP contribution in [0.4, 0.5) is 5.69 Å². The fourth-order valence-corrected chi connectivity index (χ4v) is 0.949. The number of hydrogen-bond acceptors (Lipinski definition) is 1. The van der Waals surface area contributed by atoms with Crippen molar-refractivity contribution in [3.05, 3.63) is 54.8 Å². The molecule has 0 radical (unpaired) electrons. The van der Waals surface area contributed by atoms with E-state index in [-0.39, 0.29) is 0 Å². The second-order valence-corrected chi connectivity index (χ2v) is 2.71. The molecule has 0 bridgehead atoms. The molecule has 68 valence electrons. The Morgan fingerprint density at radius 2 is 1.92 bits per heavy atom. The molecule has 1 heteroatoms. The number of hydrogen-bond donors (Lipinski definition) is 1. The van der Waals surface area contributed by atoms with E-state index in [4.69, 9.17) is 0 Å². The average Bonchev–Trinajstić information content (AvgIpc) is 2.19. The van der Waals surface area contributed by atoms with E-state index in [0.29, 0.717) is 0 Å². The molecule has 1 nitrogen and oxygen atoms in total. The van der Waals surface area contributed by atoms with Crippen LogP contribution in [0.3, 0.4) is 0 Å². The Kier molecular flexibility index (Phi) is 4.47. The highest BCUT2D eigenvalue weighted by atomic mass is 14.8. The van der Waals surface area contributed by atoms with Crippen molar-refractivity contribution in [1.82, 2.24) is 0 Å². The summed E-state index contributed by atoms with van der Waals surface area (Å²) in [6, 6.07) is 10.1. The van der Waals surface area contributed by atoms with Crippen LogP contribution >= 0.6 is 0 Å². The minimum atomic E-state index is 1.08. The van der Waals surface area contributed by atoms with Gasteiger partial charge in [-0.2, -0.15) is 0 Å². The maximum absolute atomic E-state index is 3.17. The summed E-state index contributed by atoms with van der Waals surface area (Å²) < 4.78 is 0. The van der Waals surface area contributed by atoms with Crippen LogP contribution in [-0.2, 0) is 0 Å². The Labute approximate surface area is 79.8 Å². The van der Waals surface area contributed by atoms with Gasteiger partial charge in [-0.1, -0.05) is 37.3 Å². The van der Waals surface area contributed by atoms with Gasteiger partial charge in [-0.15, -0.1) is 0 Å². The monoisotopic (exact) mass is 173 g/mol. The molecule has 0 saturated heterocycles. The zero-order valence-corrected chi connectivity index (χ0v) is 7.90. The molecule has 0 saturated carbocycles. The molecule has 0 atom stereocenters. The Bertz CT molecular complexity index is 272. The van der Waals surface area contributed by atoms with Crippen molar-refractivity contribution in [2.45, 2.75) is 13.3 Å². The molecule has 1 N–H and O–H groups in total. The Balaban J connectivity index is 2.35. The zero-order valence-electron chi connectivity index (χ0n) is 7.90. The largest absolute Gasteiger partial charge is 0.362 e. The quantitative estimate of drug-likeness (QED) is 0.686. The van der Waals surface area contributed by atoms with Gasteiger partial charge < -0.3 is 5.32 Å². The maximum atomic E-state index is 3.17. The number of para-hydroxylation sites is 1. The topological polar surface area (TPSA) is 12.0 Å². The Hall–Kier alpha value is -1.50. The van der Waals surface area contributed by atoms with Gasteiger partial charge >= 0.3 is 0 Å². The summed E-state index contributed by atoms with van der Waals surface area (Å²) in [4.78, 5) is 0. The molecule has 1 aromatic rings. The predicted molar refractivity (Wildman–Crippen MR) is 58.6 cm³/mol. The van der Waals surface area contributed by atoms with Gasteiger partial charge in [0.15, 0.2) is 0 Å². The SMILES string of the molecule is CC/C=C\C=C\Nc1ccccc1. The molecule has 0 amide bonds. The number of allylic oxidation sites excluding steroid dienone is 3. The van der Waals surface area contributed by atoms with Crippen molar-refractivity contribution < 1.29 is 0 Å². The second kappa shape index (κ2) is 6.06. The summed E-state index contributed by atoms with van der Waals surface area (Å²) in [5.41, 5.74) is 1.11. The number of rotatable bonds is 4. The summed E-state index contributed by atoms with van der Waals surface area (Å²) in [5, 5.41) is 3.17. The lowest BCUT2D eigenvalue weighted by Gasteiger charge is -1.97. The predicted octanol–water partition coefficient (Wildman–Crippen LogP) is 3.58. The highest BCUT2D eigenvalue weighted by Crippen LogP contribution is 2.04. The number of nitrogens with one attached hydrogen (secondary N) is 1. The molecule has 0 fully saturated rings. The number of benzene rings is 1. The summed E-state index contributed by atoms with van der Waals surface area (Å²) in [6.07, 6.45) is 9.16. The van der Waals surface area contributed by atoms with Crippen LogP contribution in [0, 0.1) is 0 Å². The van der Waals surface area contributed by atoms with Gasteiger partial charge in [0.25, 0.3) is 0 Å². The van der Waals surface area contributed by atoms with Gasteiger partial charge in [-0.25, -0.2) is 0 Å². The van der Waals surface area contributed by atoms with Gasteiger partial charge in [0.05, 0.1) is 0 Å². The molecule has 0 aromatic heterocycles. The van der Waals surface area contributed by atoms with Gasteiger partial charge in [-0.3, -0.25) is 0 Å². The van der Waals surface area contributed by atoms with Crippen molar-refractivity contribution >= 4 is 5.69 Å². The van der Waals surface area contributed by atoms with E-state index in [1.807, 2.05) is 48.7 Å². The first-order chi connectivity index (χ1) is 6.43. The van der Waals surface area contributed by atoms with E-state index in [1.54, 1.807) is 0 Å².